The second-order valence-electron chi connectivity index (χ2n) is 5.49. The van der Waals surface area contributed by atoms with Crippen molar-refractivity contribution in [3.05, 3.63) is 63.1 Å². The average molecular weight is 345 g/mol. The van der Waals surface area contributed by atoms with E-state index in [9.17, 15) is 4.79 Å². The first-order chi connectivity index (χ1) is 10.0. The maximum atomic E-state index is 12.4. The number of nitrogen functional groups attached to an aromatic ring is 1. The Kier molecular flexibility index (Phi) is 3.72. The number of anilines is 1. The van der Waals surface area contributed by atoms with Gasteiger partial charge in [-0.3, -0.25) is 4.79 Å². The number of benzene rings is 2. The lowest BCUT2D eigenvalue weighted by Crippen LogP contribution is -2.27. The number of hydrogen-bond donors (Lipinski definition) is 2. The number of carbonyl (C=O) groups excluding carboxylic acids is 1. The molecule has 0 heterocycles. The van der Waals surface area contributed by atoms with E-state index in [4.69, 9.17) is 5.73 Å². The molecule has 3 nitrogen and oxygen atoms in total. The largest absolute Gasteiger partial charge is 0.399 e. The van der Waals surface area contributed by atoms with Crippen LogP contribution < -0.4 is 11.1 Å². The SMILES string of the molecule is Cc1cc(C(=O)NC2CCc3cc(N)ccc32)ccc1Br. The highest BCUT2D eigenvalue weighted by molar-refractivity contribution is 9.10. The monoisotopic (exact) mass is 344 g/mol. The molecule has 0 fully saturated rings. The van der Waals surface area contributed by atoms with Crippen LogP contribution in [-0.4, -0.2) is 5.91 Å². The number of aryl methyl sites for hydroxylation is 2. The highest BCUT2D eigenvalue weighted by atomic mass is 79.9. The van der Waals surface area contributed by atoms with Gasteiger partial charge >= 0.3 is 0 Å². The number of carbonyl (C=O) groups is 1. The van der Waals surface area contributed by atoms with Crippen LogP contribution in [0.25, 0.3) is 0 Å². The van der Waals surface area contributed by atoms with Gasteiger partial charge in [-0.2, -0.15) is 0 Å². The molecule has 0 bridgehead atoms. The zero-order valence-corrected chi connectivity index (χ0v) is 13.4. The summed E-state index contributed by atoms with van der Waals surface area (Å²) in [6.07, 6.45) is 1.89. The van der Waals surface area contributed by atoms with E-state index in [-0.39, 0.29) is 11.9 Å². The van der Waals surface area contributed by atoms with Crippen molar-refractivity contribution in [2.45, 2.75) is 25.8 Å². The van der Waals surface area contributed by atoms with Crippen LogP contribution in [0.3, 0.4) is 0 Å². The predicted octanol–water partition coefficient (Wildman–Crippen LogP) is 3.76. The lowest BCUT2D eigenvalue weighted by Gasteiger charge is -2.15. The third-order valence-electron chi connectivity index (χ3n) is 3.97. The number of rotatable bonds is 2. The van der Waals surface area contributed by atoms with E-state index in [0.717, 1.165) is 28.6 Å². The molecule has 1 unspecified atom stereocenters. The van der Waals surface area contributed by atoms with Gasteiger partial charge in [0.25, 0.3) is 5.91 Å². The smallest absolute Gasteiger partial charge is 0.251 e. The molecule has 21 heavy (non-hydrogen) atoms. The van der Waals surface area contributed by atoms with Crippen LogP contribution in [0.2, 0.25) is 0 Å². The van der Waals surface area contributed by atoms with Crippen molar-refractivity contribution in [1.29, 1.82) is 0 Å². The van der Waals surface area contributed by atoms with Crippen LogP contribution in [0.15, 0.2) is 40.9 Å². The molecule has 0 aliphatic heterocycles. The molecule has 0 saturated carbocycles. The van der Waals surface area contributed by atoms with Gasteiger partial charge in [0.15, 0.2) is 0 Å². The second-order valence-corrected chi connectivity index (χ2v) is 6.34. The Bertz CT molecular complexity index is 712. The van der Waals surface area contributed by atoms with E-state index in [1.807, 2.05) is 43.3 Å². The van der Waals surface area contributed by atoms with E-state index in [1.54, 1.807) is 0 Å². The van der Waals surface area contributed by atoms with Crippen molar-refractivity contribution in [2.24, 2.45) is 0 Å². The molecular weight excluding hydrogens is 328 g/mol. The standard InChI is InChI=1S/C17H17BrN2O/c1-10-8-12(2-6-15(10)18)17(21)20-16-7-3-11-9-13(19)4-5-14(11)16/h2,4-6,8-9,16H,3,7,19H2,1H3,(H,20,21). The molecule has 3 rings (SSSR count). The molecule has 1 amide bonds. The van der Waals surface area contributed by atoms with Gasteiger partial charge in [-0.15, -0.1) is 0 Å². The molecule has 108 valence electrons. The number of nitrogens with two attached hydrogens (primary N) is 1. The first-order valence-corrected chi connectivity index (χ1v) is 7.79. The summed E-state index contributed by atoms with van der Waals surface area (Å²) in [6.45, 7) is 1.98. The van der Waals surface area contributed by atoms with Crippen molar-refractivity contribution in [3.8, 4) is 0 Å². The van der Waals surface area contributed by atoms with Crippen molar-refractivity contribution in [2.75, 3.05) is 5.73 Å². The van der Waals surface area contributed by atoms with Crippen LogP contribution in [0.4, 0.5) is 5.69 Å². The second kappa shape index (κ2) is 5.53. The fourth-order valence-electron chi connectivity index (χ4n) is 2.81. The first kappa shape index (κ1) is 14.1. The average Bonchev–Trinajstić information content (AvgIpc) is 2.84. The topological polar surface area (TPSA) is 55.1 Å². The number of nitrogens with one attached hydrogen (secondary N) is 1. The molecule has 1 aliphatic carbocycles. The third-order valence-corrected chi connectivity index (χ3v) is 4.86. The normalized spacial score (nSPS) is 16.6. The summed E-state index contributed by atoms with van der Waals surface area (Å²) in [7, 11) is 0. The summed E-state index contributed by atoms with van der Waals surface area (Å²) in [5.41, 5.74) is 10.8. The summed E-state index contributed by atoms with van der Waals surface area (Å²) in [4.78, 5) is 12.4. The van der Waals surface area contributed by atoms with Gasteiger partial charge in [0.2, 0.25) is 0 Å². The highest BCUT2D eigenvalue weighted by Gasteiger charge is 2.24. The Morgan fingerprint density at radius 2 is 2.10 bits per heavy atom. The van der Waals surface area contributed by atoms with Crippen LogP contribution in [0.1, 0.15) is 39.5 Å². The number of fused-ring (bicyclic) bond motifs is 1. The highest BCUT2D eigenvalue weighted by Crippen LogP contribution is 2.32. The first-order valence-electron chi connectivity index (χ1n) is 7.00. The summed E-state index contributed by atoms with van der Waals surface area (Å²) < 4.78 is 1.01. The van der Waals surface area contributed by atoms with Crippen molar-refractivity contribution >= 4 is 27.5 Å². The molecule has 2 aromatic carbocycles. The minimum absolute atomic E-state index is 0.0275. The lowest BCUT2D eigenvalue weighted by molar-refractivity contribution is 0.0936. The Balaban J connectivity index is 1.79. The summed E-state index contributed by atoms with van der Waals surface area (Å²) in [5.74, 6) is -0.0275. The van der Waals surface area contributed by atoms with Crippen LogP contribution >= 0.6 is 15.9 Å². The molecule has 0 saturated heterocycles. The maximum absolute atomic E-state index is 12.4. The molecule has 0 aromatic heterocycles. The maximum Gasteiger partial charge on any atom is 0.251 e. The molecule has 2 aromatic rings. The van der Waals surface area contributed by atoms with Gasteiger partial charge in [-0.05, 0) is 66.8 Å². The van der Waals surface area contributed by atoms with E-state index in [2.05, 4.69) is 21.2 Å². The van der Waals surface area contributed by atoms with Gasteiger partial charge in [-0.25, -0.2) is 0 Å². The predicted molar refractivity (Wildman–Crippen MR) is 88.3 cm³/mol. The quantitative estimate of drug-likeness (QED) is 0.815. The van der Waals surface area contributed by atoms with E-state index < -0.39 is 0 Å². The molecule has 4 heteroatoms. The van der Waals surface area contributed by atoms with Crippen LogP contribution in [0.5, 0.6) is 0 Å². The van der Waals surface area contributed by atoms with Crippen molar-refractivity contribution in [3.63, 3.8) is 0 Å². The van der Waals surface area contributed by atoms with Gasteiger partial charge in [-0.1, -0.05) is 22.0 Å². The molecule has 0 radical (unpaired) electrons. The Morgan fingerprint density at radius 1 is 1.29 bits per heavy atom. The lowest BCUT2D eigenvalue weighted by atomic mass is 10.1. The zero-order valence-electron chi connectivity index (χ0n) is 11.8. The molecule has 0 spiro atoms. The summed E-state index contributed by atoms with van der Waals surface area (Å²) >= 11 is 3.45. The molecule has 1 aliphatic rings. The Hall–Kier alpha value is -1.81. The fraction of sp³-hybridized carbons (Fsp3) is 0.235. The third kappa shape index (κ3) is 2.81. The molecular formula is C17H17BrN2O. The minimum Gasteiger partial charge on any atom is -0.399 e. The van der Waals surface area contributed by atoms with E-state index in [1.165, 1.54) is 11.1 Å². The Labute approximate surface area is 132 Å². The van der Waals surface area contributed by atoms with Crippen LogP contribution in [-0.2, 0) is 6.42 Å². The summed E-state index contributed by atoms with van der Waals surface area (Å²) in [6, 6.07) is 11.7. The van der Waals surface area contributed by atoms with Crippen molar-refractivity contribution in [1.82, 2.24) is 5.32 Å². The summed E-state index contributed by atoms with van der Waals surface area (Å²) in [5, 5.41) is 3.12. The molecule has 3 N–H and O–H groups in total. The van der Waals surface area contributed by atoms with E-state index >= 15 is 0 Å². The van der Waals surface area contributed by atoms with E-state index in [0.29, 0.717) is 5.56 Å². The molecule has 1 atom stereocenters. The van der Waals surface area contributed by atoms with Crippen LogP contribution in [0, 0.1) is 6.92 Å². The van der Waals surface area contributed by atoms with Gasteiger partial charge in [0, 0.05) is 15.7 Å². The fourth-order valence-corrected chi connectivity index (χ4v) is 3.06. The van der Waals surface area contributed by atoms with Gasteiger partial charge in [0.1, 0.15) is 0 Å². The number of amides is 1. The van der Waals surface area contributed by atoms with Crippen molar-refractivity contribution < 1.29 is 4.79 Å². The number of halogens is 1. The zero-order chi connectivity index (χ0) is 15.0. The van der Waals surface area contributed by atoms with Gasteiger partial charge in [0.05, 0.1) is 6.04 Å². The number of hydrogen-bond acceptors (Lipinski definition) is 2. The minimum atomic E-state index is -0.0275. The van der Waals surface area contributed by atoms with Gasteiger partial charge < -0.3 is 11.1 Å². The Morgan fingerprint density at radius 3 is 2.86 bits per heavy atom.